The number of rotatable bonds is 6. The van der Waals surface area contributed by atoms with Crippen LogP contribution in [0.3, 0.4) is 0 Å². The van der Waals surface area contributed by atoms with Gasteiger partial charge >= 0.3 is 0 Å². The van der Waals surface area contributed by atoms with E-state index in [0.717, 1.165) is 66.4 Å². The smallest absolute Gasteiger partial charge is 0.166 e. The van der Waals surface area contributed by atoms with E-state index in [9.17, 15) is 5.26 Å². The van der Waals surface area contributed by atoms with Crippen molar-refractivity contribution < 1.29 is 0 Å². The fraction of sp³-hybridized carbons (Fsp3) is 0. The second-order valence-corrected chi connectivity index (χ2v) is 15.4. The van der Waals surface area contributed by atoms with E-state index >= 15 is 0 Å². The molecule has 3 aromatic heterocycles. The van der Waals surface area contributed by atoms with Crippen molar-refractivity contribution in [3.8, 4) is 68.2 Å². The topological polar surface area (TPSA) is 67.4 Å². The van der Waals surface area contributed by atoms with Gasteiger partial charge < -0.3 is 4.57 Å². The number of hydrogen-bond acceptors (Lipinski definition) is 5. The maximum Gasteiger partial charge on any atom is 0.166 e. The Morgan fingerprint density at radius 2 is 1.00 bits per heavy atom. The van der Waals surface area contributed by atoms with Crippen LogP contribution in [0.2, 0.25) is 0 Å². The second-order valence-electron chi connectivity index (χ2n) is 14.3. The molecule has 0 unspecified atom stereocenters. The molecule has 0 amide bonds. The summed E-state index contributed by atoms with van der Waals surface area (Å²) in [5.41, 5.74) is 10.4. The van der Waals surface area contributed by atoms with E-state index < -0.39 is 0 Å². The average Bonchev–Trinajstić information content (AvgIpc) is 3.85. The molecule has 8 aromatic carbocycles. The van der Waals surface area contributed by atoms with Crippen molar-refractivity contribution in [2.75, 3.05) is 0 Å². The van der Waals surface area contributed by atoms with Crippen LogP contribution in [-0.2, 0) is 0 Å². The van der Waals surface area contributed by atoms with Crippen LogP contribution >= 0.6 is 11.3 Å². The standard InChI is InChI=1S/C52H31N5S/c53-32-37-18-7-8-19-38(37)36-26-28-41-40-20-9-11-23-44(40)57(46(41)31-36)45-29-27-35(39-22-13-25-48-49(39)42-21-10-12-24-47(42)58-48)30-43(45)52-55-50(33-14-3-1-4-15-33)54-51(56-52)34-16-5-2-6-17-34/h1-31H. The van der Waals surface area contributed by atoms with Gasteiger partial charge in [-0.1, -0.05) is 146 Å². The van der Waals surface area contributed by atoms with Gasteiger partial charge in [0.2, 0.25) is 0 Å². The summed E-state index contributed by atoms with van der Waals surface area (Å²) in [7, 11) is 0. The third kappa shape index (κ3) is 5.56. The molecule has 0 saturated carbocycles. The molecule has 0 atom stereocenters. The lowest BCUT2D eigenvalue weighted by atomic mass is 9.96. The van der Waals surface area contributed by atoms with Crippen LogP contribution < -0.4 is 0 Å². The molecule has 0 N–H and O–H groups in total. The highest BCUT2D eigenvalue weighted by atomic mass is 32.1. The number of hydrogen-bond donors (Lipinski definition) is 0. The van der Waals surface area contributed by atoms with Crippen molar-refractivity contribution in [3.05, 3.63) is 194 Å². The van der Waals surface area contributed by atoms with Crippen LogP contribution in [0.4, 0.5) is 0 Å². The van der Waals surface area contributed by atoms with Gasteiger partial charge in [0.1, 0.15) is 0 Å². The summed E-state index contributed by atoms with van der Waals surface area (Å²) in [5, 5.41) is 14.8. The summed E-state index contributed by atoms with van der Waals surface area (Å²) in [6.07, 6.45) is 0. The van der Waals surface area contributed by atoms with Gasteiger partial charge in [-0.05, 0) is 64.7 Å². The third-order valence-corrected chi connectivity index (χ3v) is 12.1. The molecule has 3 heterocycles. The molecule has 0 aliphatic heterocycles. The average molecular weight is 758 g/mol. The van der Waals surface area contributed by atoms with Gasteiger partial charge in [0.15, 0.2) is 17.5 Å². The van der Waals surface area contributed by atoms with Crippen molar-refractivity contribution in [2.45, 2.75) is 0 Å². The quantitative estimate of drug-likeness (QED) is 0.169. The molecular formula is C52H31N5S. The fourth-order valence-electron chi connectivity index (χ4n) is 8.25. The zero-order chi connectivity index (χ0) is 38.6. The molecule has 0 saturated heterocycles. The van der Waals surface area contributed by atoms with Gasteiger partial charge in [0.05, 0.1) is 28.4 Å². The summed E-state index contributed by atoms with van der Waals surface area (Å²) >= 11 is 1.82. The van der Waals surface area contributed by atoms with Crippen molar-refractivity contribution in [1.29, 1.82) is 5.26 Å². The van der Waals surface area contributed by atoms with E-state index in [4.69, 9.17) is 15.0 Å². The van der Waals surface area contributed by atoms with Crippen LogP contribution in [0.15, 0.2) is 188 Å². The molecule has 0 bridgehead atoms. The highest BCUT2D eigenvalue weighted by Crippen LogP contribution is 2.43. The molecule has 11 aromatic rings. The minimum absolute atomic E-state index is 0.573. The van der Waals surface area contributed by atoms with E-state index in [1.165, 1.54) is 20.2 Å². The lowest BCUT2D eigenvalue weighted by molar-refractivity contribution is 1.06. The summed E-state index contributed by atoms with van der Waals surface area (Å²) in [6.45, 7) is 0. The molecule has 6 heteroatoms. The zero-order valence-corrected chi connectivity index (χ0v) is 31.9. The Hall–Kier alpha value is -7.72. The van der Waals surface area contributed by atoms with Crippen molar-refractivity contribution in [2.24, 2.45) is 0 Å². The molecule has 0 fully saturated rings. The molecular weight excluding hydrogens is 727 g/mol. The van der Waals surface area contributed by atoms with Crippen LogP contribution in [0.25, 0.3) is 104 Å². The Bertz CT molecular complexity index is 3360. The number of para-hydroxylation sites is 1. The molecule has 270 valence electrons. The predicted molar refractivity (Wildman–Crippen MR) is 239 cm³/mol. The minimum atomic E-state index is 0.573. The highest BCUT2D eigenvalue weighted by molar-refractivity contribution is 7.25. The van der Waals surface area contributed by atoms with Crippen molar-refractivity contribution in [3.63, 3.8) is 0 Å². The van der Waals surface area contributed by atoms with Gasteiger partial charge in [-0.25, -0.2) is 15.0 Å². The van der Waals surface area contributed by atoms with E-state index in [1.807, 2.05) is 96.3 Å². The van der Waals surface area contributed by atoms with E-state index in [-0.39, 0.29) is 0 Å². The van der Waals surface area contributed by atoms with Crippen LogP contribution in [0, 0.1) is 11.3 Å². The van der Waals surface area contributed by atoms with Gasteiger partial charge in [0, 0.05) is 47.6 Å². The Labute approximate surface area is 338 Å². The van der Waals surface area contributed by atoms with Crippen molar-refractivity contribution in [1.82, 2.24) is 19.5 Å². The number of nitriles is 1. The first-order chi connectivity index (χ1) is 28.7. The number of aromatic nitrogens is 4. The monoisotopic (exact) mass is 757 g/mol. The Morgan fingerprint density at radius 3 is 1.78 bits per heavy atom. The van der Waals surface area contributed by atoms with Crippen molar-refractivity contribution >= 4 is 53.3 Å². The summed E-state index contributed by atoms with van der Waals surface area (Å²) in [4.78, 5) is 15.6. The molecule has 0 radical (unpaired) electrons. The molecule has 5 nitrogen and oxygen atoms in total. The maximum atomic E-state index is 10.1. The van der Waals surface area contributed by atoms with Crippen LogP contribution in [0.5, 0.6) is 0 Å². The first kappa shape index (κ1) is 33.6. The molecule has 0 aliphatic rings. The van der Waals surface area contributed by atoms with E-state index in [1.54, 1.807) is 0 Å². The first-order valence-electron chi connectivity index (χ1n) is 19.2. The zero-order valence-electron chi connectivity index (χ0n) is 31.0. The first-order valence-corrected chi connectivity index (χ1v) is 20.0. The molecule has 0 spiro atoms. The number of nitrogens with zero attached hydrogens (tertiary/aromatic N) is 5. The van der Waals surface area contributed by atoms with Crippen LogP contribution in [0.1, 0.15) is 5.56 Å². The predicted octanol–water partition coefficient (Wildman–Crippen LogP) is 13.5. The summed E-state index contributed by atoms with van der Waals surface area (Å²) in [5.74, 6) is 1.78. The van der Waals surface area contributed by atoms with Crippen LogP contribution in [-0.4, -0.2) is 19.5 Å². The largest absolute Gasteiger partial charge is 0.308 e. The van der Waals surface area contributed by atoms with Gasteiger partial charge in [-0.2, -0.15) is 5.26 Å². The lowest BCUT2D eigenvalue weighted by Crippen LogP contribution is -2.04. The van der Waals surface area contributed by atoms with E-state index in [0.29, 0.717) is 23.0 Å². The SMILES string of the molecule is N#Cc1ccccc1-c1ccc2c3ccccc3n(-c3ccc(-c4cccc5sc6ccccc6c45)cc3-c3nc(-c4ccccc4)nc(-c4ccccc4)n3)c2c1. The number of thiophene rings is 1. The van der Waals surface area contributed by atoms with Gasteiger partial charge in [-0.15, -0.1) is 11.3 Å². The lowest BCUT2D eigenvalue weighted by Gasteiger charge is -2.17. The maximum absolute atomic E-state index is 10.1. The second kappa shape index (κ2) is 13.8. The summed E-state index contributed by atoms with van der Waals surface area (Å²) in [6, 6.07) is 67.4. The minimum Gasteiger partial charge on any atom is -0.308 e. The van der Waals surface area contributed by atoms with Gasteiger partial charge in [-0.3, -0.25) is 0 Å². The fourth-order valence-corrected chi connectivity index (χ4v) is 9.38. The van der Waals surface area contributed by atoms with Gasteiger partial charge in [0.25, 0.3) is 0 Å². The normalized spacial score (nSPS) is 11.4. The summed E-state index contributed by atoms with van der Waals surface area (Å²) < 4.78 is 4.84. The Kier molecular flexibility index (Phi) is 7.99. The number of fused-ring (bicyclic) bond motifs is 6. The number of benzene rings is 8. The molecule has 58 heavy (non-hydrogen) atoms. The Balaban J connectivity index is 1.24. The van der Waals surface area contributed by atoms with E-state index in [2.05, 4.69) is 114 Å². The molecule has 0 aliphatic carbocycles. The highest BCUT2D eigenvalue weighted by Gasteiger charge is 2.22. The third-order valence-electron chi connectivity index (χ3n) is 10.9. The Morgan fingerprint density at radius 1 is 0.414 bits per heavy atom. The molecule has 11 rings (SSSR count).